The molecule has 3 unspecified atom stereocenters. The van der Waals surface area contributed by atoms with Crippen LogP contribution in [0.3, 0.4) is 0 Å². The number of aromatic amines is 1. The van der Waals surface area contributed by atoms with Crippen LogP contribution in [0.25, 0.3) is 22.0 Å². The predicted octanol–water partition coefficient (Wildman–Crippen LogP) is 3.85. The molecule has 1 fully saturated rings. The first-order valence-electron chi connectivity index (χ1n) is 11.3. The molecular formula is C25H30N4O3. The molecule has 3 N–H and O–H groups in total. The number of H-pyrrole nitrogens is 1. The van der Waals surface area contributed by atoms with Gasteiger partial charge in [-0.1, -0.05) is 43.7 Å². The maximum absolute atomic E-state index is 13.1. The molecule has 0 radical (unpaired) electrons. The number of benzene rings is 2. The number of nitrogens with zero attached hydrogens (tertiary/aromatic N) is 1. The fraction of sp³-hybridized carbons (Fsp3) is 0.400. The predicted molar refractivity (Wildman–Crippen MR) is 127 cm³/mol. The first kappa shape index (κ1) is 22.2. The fourth-order valence-electron chi connectivity index (χ4n) is 4.32. The summed E-state index contributed by atoms with van der Waals surface area (Å²) in [5, 5.41) is 14.8. The summed E-state index contributed by atoms with van der Waals surface area (Å²) in [7, 11) is 0. The highest BCUT2D eigenvalue weighted by molar-refractivity contribution is 5.97. The Hall–Kier alpha value is -3.03. The van der Waals surface area contributed by atoms with Gasteiger partial charge >= 0.3 is 0 Å². The Morgan fingerprint density at radius 1 is 1.22 bits per heavy atom. The van der Waals surface area contributed by atoms with Gasteiger partial charge in [-0.3, -0.25) is 9.59 Å². The van der Waals surface area contributed by atoms with Crippen molar-refractivity contribution in [3.63, 3.8) is 0 Å². The van der Waals surface area contributed by atoms with Crippen molar-refractivity contribution in [3.8, 4) is 11.3 Å². The third-order valence-electron chi connectivity index (χ3n) is 5.92. The maximum atomic E-state index is 13.1. The molecule has 1 aliphatic heterocycles. The average Bonchev–Trinajstić information content (AvgIpc) is 2.79. The summed E-state index contributed by atoms with van der Waals surface area (Å²) < 4.78 is 5.63. The summed E-state index contributed by atoms with van der Waals surface area (Å²) in [6.45, 7) is 4.88. The summed E-state index contributed by atoms with van der Waals surface area (Å²) in [6, 6.07) is 15.0. The summed E-state index contributed by atoms with van der Waals surface area (Å²) in [5.41, 5.74) is 1.99. The minimum Gasteiger partial charge on any atom is -0.378 e. The van der Waals surface area contributed by atoms with Crippen molar-refractivity contribution in [1.82, 2.24) is 15.5 Å². The Morgan fingerprint density at radius 3 is 2.81 bits per heavy atom. The lowest BCUT2D eigenvalue weighted by atomic mass is 10.0. The van der Waals surface area contributed by atoms with Crippen LogP contribution in [-0.4, -0.2) is 40.9 Å². The molecule has 1 saturated heterocycles. The van der Waals surface area contributed by atoms with Crippen LogP contribution >= 0.6 is 0 Å². The molecule has 1 aromatic heterocycles. The van der Waals surface area contributed by atoms with Crippen LogP contribution in [-0.2, 0) is 9.53 Å². The van der Waals surface area contributed by atoms with Crippen molar-refractivity contribution < 1.29 is 9.53 Å². The fourth-order valence-corrected chi connectivity index (χ4v) is 4.32. The van der Waals surface area contributed by atoms with Crippen LogP contribution < -0.4 is 16.2 Å². The topological polar surface area (TPSA) is 96.1 Å². The molecule has 7 heteroatoms. The van der Waals surface area contributed by atoms with E-state index in [1.807, 2.05) is 42.5 Å². The Kier molecular flexibility index (Phi) is 6.97. The Bertz CT molecular complexity index is 1140. The summed E-state index contributed by atoms with van der Waals surface area (Å²) in [4.78, 5) is 25.2. The van der Waals surface area contributed by atoms with Gasteiger partial charge in [-0.2, -0.15) is 5.10 Å². The number of carbonyl (C=O) groups is 1. The second-order valence-electron chi connectivity index (χ2n) is 8.43. The van der Waals surface area contributed by atoms with E-state index in [1.54, 1.807) is 6.07 Å². The SMILES string of the molecule is CCCC(NC1CCOC(C)C1)C(=O)Nc1cccc(-c2n[nH]c(=O)c3ccccc23)c1. The third kappa shape index (κ3) is 5.06. The third-order valence-corrected chi connectivity index (χ3v) is 5.92. The van der Waals surface area contributed by atoms with E-state index in [0.717, 1.165) is 43.2 Å². The van der Waals surface area contributed by atoms with E-state index in [-0.39, 0.29) is 29.7 Å². The van der Waals surface area contributed by atoms with E-state index < -0.39 is 0 Å². The van der Waals surface area contributed by atoms with Crippen molar-refractivity contribution in [3.05, 3.63) is 58.9 Å². The van der Waals surface area contributed by atoms with Gasteiger partial charge in [-0.05, 0) is 44.4 Å². The second-order valence-corrected chi connectivity index (χ2v) is 8.43. The molecule has 1 aliphatic rings. The van der Waals surface area contributed by atoms with Crippen LogP contribution in [0.2, 0.25) is 0 Å². The van der Waals surface area contributed by atoms with Crippen molar-refractivity contribution in [1.29, 1.82) is 0 Å². The van der Waals surface area contributed by atoms with Gasteiger partial charge < -0.3 is 15.4 Å². The van der Waals surface area contributed by atoms with Crippen LogP contribution in [0.5, 0.6) is 0 Å². The van der Waals surface area contributed by atoms with Crippen LogP contribution in [0, 0.1) is 0 Å². The van der Waals surface area contributed by atoms with Gasteiger partial charge in [0.25, 0.3) is 5.56 Å². The highest BCUT2D eigenvalue weighted by atomic mass is 16.5. The highest BCUT2D eigenvalue weighted by Gasteiger charge is 2.25. The molecule has 3 atom stereocenters. The first-order chi connectivity index (χ1) is 15.5. The van der Waals surface area contributed by atoms with Gasteiger partial charge in [-0.15, -0.1) is 0 Å². The molecule has 0 bridgehead atoms. The molecule has 2 heterocycles. The molecule has 2 aromatic carbocycles. The first-order valence-corrected chi connectivity index (χ1v) is 11.3. The molecule has 3 aromatic rings. The van der Waals surface area contributed by atoms with Gasteiger partial charge in [-0.25, -0.2) is 5.10 Å². The molecule has 0 spiro atoms. The number of anilines is 1. The van der Waals surface area contributed by atoms with E-state index in [1.165, 1.54) is 0 Å². The summed E-state index contributed by atoms with van der Waals surface area (Å²) >= 11 is 0. The molecule has 0 saturated carbocycles. The van der Waals surface area contributed by atoms with Crippen molar-refractivity contribution in [2.45, 2.75) is 57.7 Å². The van der Waals surface area contributed by atoms with E-state index in [0.29, 0.717) is 16.8 Å². The van der Waals surface area contributed by atoms with Crippen molar-refractivity contribution in [2.75, 3.05) is 11.9 Å². The van der Waals surface area contributed by atoms with E-state index in [2.05, 4.69) is 34.7 Å². The largest absolute Gasteiger partial charge is 0.378 e. The van der Waals surface area contributed by atoms with Gasteiger partial charge in [0, 0.05) is 29.3 Å². The Balaban J connectivity index is 1.54. The van der Waals surface area contributed by atoms with Gasteiger partial charge in [0.15, 0.2) is 0 Å². The molecular weight excluding hydrogens is 404 g/mol. The number of ether oxygens (including phenoxy) is 1. The van der Waals surface area contributed by atoms with Crippen molar-refractivity contribution >= 4 is 22.4 Å². The van der Waals surface area contributed by atoms with E-state index >= 15 is 0 Å². The second kappa shape index (κ2) is 10.1. The minimum atomic E-state index is -0.258. The lowest BCUT2D eigenvalue weighted by Gasteiger charge is -2.31. The van der Waals surface area contributed by atoms with Crippen molar-refractivity contribution in [2.24, 2.45) is 0 Å². The number of hydrogen-bond acceptors (Lipinski definition) is 5. The monoisotopic (exact) mass is 434 g/mol. The zero-order chi connectivity index (χ0) is 22.5. The quantitative estimate of drug-likeness (QED) is 0.525. The zero-order valence-corrected chi connectivity index (χ0v) is 18.6. The smallest absolute Gasteiger partial charge is 0.272 e. The Morgan fingerprint density at radius 2 is 2.03 bits per heavy atom. The molecule has 4 rings (SSSR count). The van der Waals surface area contributed by atoms with Gasteiger partial charge in [0.2, 0.25) is 5.91 Å². The van der Waals surface area contributed by atoms with Crippen LogP contribution in [0.1, 0.15) is 39.5 Å². The number of aromatic nitrogens is 2. The van der Waals surface area contributed by atoms with Gasteiger partial charge in [0.05, 0.1) is 23.2 Å². The summed E-state index contributed by atoms with van der Waals surface area (Å²) in [6.07, 6.45) is 3.72. The van der Waals surface area contributed by atoms with E-state index in [4.69, 9.17) is 4.74 Å². The number of carbonyl (C=O) groups excluding carboxylic acids is 1. The van der Waals surface area contributed by atoms with Gasteiger partial charge in [0.1, 0.15) is 0 Å². The lowest BCUT2D eigenvalue weighted by Crippen LogP contribution is -2.48. The van der Waals surface area contributed by atoms with Crippen LogP contribution in [0.15, 0.2) is 53.3 Å². The van der Waals surface area contributed by atoms with E-state index in [9.17, 15) is 9.59 Å². The van der Waals surface area contributed by atoms with Crippen LogP contribution in [0.4, 0.5) is 5.69 Å². The molecule has 32 heavy (non-hydrogen) atoms. The number of nitrogens with one attached hydrogen (secondary N) is 3. The normalized spacial score (nSPS) is 19.6. The number of rotatable bonds is 7. The molecule has 1 amide bonds. The molecule has 168 valence electrons. The highest BCUT2D eigenvalue weighted by Crippen LogP contribution is 2.26. The zero-order valence-electron chi connectivity index (χ0n) is 18.6. The maximum Gasteiger partial charge on any atom is 0.272 e. The minimum absolute atomic E-state index is 0.0394. The number of amides is 1. The molecule has 7 nitrogen and oxygen atoms in total. The number of hydrogen-bond donors (Lipinski definition) is 3. The lowest BCUT2D eigenvalue weighted by molar-refractivity contribution is -0.118. The Labute approximate surface area is 187 Å². The number of fused-ring (bicyclic) bond motifs is 1. The summed E-state index contributed by atoms with van der Waals surface area (Å²) in [5.74, 6) is -0.0394. The molecule has 0 aliphatic carbocycles. The standard InChI is InChI=1S/C25H30N4O3/c1-3-7-22(26-19-12-13-32-16(2)14-19)25(31)27-18-9-6-8-17(15-18)23-20-10-4-5-11-21(20)24(30)29-28-23/h4-6,8-11,15-16,19,22,26H,3,7,12-14H2,1-2H3,(H,27,31)(H,29,30). The average molecular weight is 435 g/mol.